The predicted molar refractivity (Wildman–Crippen MR) is 104 cm³/mol. The molecule has 2 aromatic carbocycles. The Kier molecular flexibility index (Phi) is 4.80. The number of carbonyl (C=O) groups is 1. The summed E-state index contributed by atoms with van der Waals surface area (Å²) in [5.41, 5.74) is 2.21. The minimum atomic E-state index is -0.546. The lowest BCUT2D eigenvalue weighted by atomic mass is 10.1. The van der Waals surface area contributed by atoms with Gasteiger partial charge in [0.1, 0.15) is 17.4 Å². The van der Waals surface area contributed by atoms with Gasteiger partial charge in [0.2, 0.25) is 0 Å². The third-order valence-corrected chi connectivity index (χ3v) is 4.97. The van der Waals surface area contributed by atoms with Crippen LogP contribution in [0.25, 0.3) is 0 Å². The third kappa shape index (κ3) is 3.34. The number of fused-ring (bicyclic) bond motifs is 1. The molecule has 0 unspecified atom stereocenters. The highest BCUT2D eigenvalue weighted by atomic mass is 16.6. The average Bonchev–Trinajstić information content (AvgIpc) is 3.39. The van der Waals surface area contributed by atoms with Crippen LogP contribution in [0.15, 0.2) is 71.3 Å². The zero-order valence-corrected chi connectivity index (χ0v) is 15.1. The van der Waals surface area contributed by atoms with Gasteiger partial charge in [0, 0.05) is 24.8 Å². The van der Waals surface area contributed by atoms with E-state index in [9.17, 15) is 14.9 Å². The van der Waals surface area contributed by atoms with Gasteiger partial charge in [-0.15, -0.1) is 0 Å². The first-order chi connectivity index (χ1) is 13.6. The van der Waals surface area contributed by atoms with Gasteiger partial charge in [-0.3, -0.25) is 14.9 Å². The lowest BCUT2D eigenvalue weighted by Crippen LogP contribution is -2.37. The topological polar surface area (TPSA) is 88.6 Å². The van der Waals surface area contributed by atoms with Gasteiger partial charge in [-0.2, -0.15) is 0 Å². The summed E-state index contributed by atoms with van der Waals surface area (Å²) < 4.78 is 5.62. The van der Waals surface area contributed by atoms with Gasteiger partial charge >= 0.3 is 0 Å². The molecular formula is C21H19N3O4. The van der Waals surface area contributed by atoms with E-state index < -0.39 is 10.8 Å². The van der Waals surface area contributed by atoms with Crippen LogP contribution in [-0.2, 0) is 6.42 Å². The van der Waals surface area contributed by atoms with Crippen molar-refractivity contribution in [3.63, 3.8) is 0 Å². The first kappa shape index (κ1) is 17.8. The van der Waals surface area contributed by atoms with Crippen molar-refractivity contribution in [2.75, 3.05) is 18.0 Å². The zero-order valence-electron chi connectivity index (χ0n) is 15.1. The molecule has 0 saturated carbocycles. The van der Waals surface area contributed by atoms with Crippen molar-refractivity contribution in [1.29, 1.82) is 0 Å². The van der Waals surface area contributed by atoms with E-state index in [1.807, 2.05) is 24.3 Å². The highest BCUT2D eigenvalue weighted by Crippen LogP contribution is 2.35. The van der Waals surface area contributed by atoms with E-state index in [0.29, 0.717) is 0 Å². The molecular weight excluding hydrogens is 358 g/mol. The molecule has 0 radical (unpaired) electrons. The molecule has 7 nitrogen and oxygen atoms in total. The quantitative estimate of drug-likeness (QED) is 0.522. The molecule has 1 amide bonds. The van der Waals surface area contributed by atoms with Crippen LogP contribution in [0.5, 0.6) is 0 Å². The van der Waals surface area contributed by atoms with Crippen LogP contribution < -0.4 is 10.2 Å². The van der Waals surface area contributed by atoms with E-state index in [-0.39, 0.29) is 23.8 Å². The Morgan fingerprint density at radius 3 is 2.71 bits per heavy atom. The standard InChI is InChI=1S/C21H19N3O4/c25-21(16-7-2-4-9-18(16)24(26)27)22-14-19(20-10-5-13-28-20)23-12-11-15-6-1-3-8-17(15)23/h1-10,13,19H,11-12,14H2,(H,22,25)/t19-/m1/s1. The van der Waals surface area contributed by atoms with Crippen LogP contribution in [0, 0.1) is 10.1 Å². The first-order valence-corrected chi connectivity index (χ1v) is 9.04. The first-order valence-electron chi connectivity index (χ1n) is 9.04. The Bertz CT molecular complexity index is 1000. The number of nitro benzene ring substituents is 1. The number of nitrogens with zero attached hydrogens (tertiary/aromatic N) is 2. The number of para-hydroxylation sites is 2. The molecule has 0 bridgehead atoms. The summed E-state index contributed by atoms with van der Waals surface area (Å²) in [6.45, 7) is 1.08. The molecule has 1 N–H and O–H groups in total. The summed E-state index contributed by atoms with van der Waals surface area (Å²) in [5, 5.41) is 14.0. The van der Waals surface area contributed by atoms with E-state index in [4.69, 9.17) is 4.42 Å². The second kappa shape index (κ2) is 7.56. The number of amides is 1. The maximum Gasteiger partial charge on any atom is 0.282 e. The van der Waals surface area contributed by atoms with Crippen molar-refractivity contribution in [2.45, 2.75) is 12.5 Å². The fourth-order valence-electron chi connectivity index (χ4n) is 3.64. The van der Waals surface area contributed by atoms with Gasteiger partial charge in [0.05, 0.1) is 11.2 Å². The molecule has 7 heteroatoms. The van der Waals surface area contributed by atoms with Gasteiger partial charge in [-0.1, -0.05) is 30.3 Å². The van der Waals surface area contributed by atoms with Gasteiger partial charge in [0.25, 0.3) is 11.6 Å². The SMILES string of the molecule is O=C(NC[C@H](c1ccco1)N1CCc2ccccc21)c1ccccc1[N+](=O)[O-]. The van der Waals surface area contributed by atoms with E-state index in [1.165, 1.54) is 17.7 Å². The van der Waals surface area contributed by atoms with Crippen LogP contribution in [0.4, 0.5) is 11.4 Å². The summed E-state index contributed by atoms with van der Waals surface area (Å²) in [4.78, 5) is 25.5. The Morgan fingerprint density at radius 2 is 1.93 bits per heavy atom. The van der Waals surface area contributed by atoms with Crippen LogP contribution in [0.3, 0.4) is 0 Å². The molecule has 4 rings (SSSR count). The number of anilines is 1. The van der Waals surface area contributed by atoms with Crippen molar-refractivity contribution >= 4 is 17.3 Å². The maximum atomic E-state index is 12.6. The second-order valence-corrected chi connectivity index (χ2v) is 6.59. The summed E-state index contributed by atoms with van der Waals surface area (Å²) in [6, 6.07) is 17.6. The third-order valence-electron chi connectivity index (χ3n) is 4.97. The molecule has 28 heavy (non-hydrogen) atoms. The van der Waals surface area contributed by atoms with E-state index >= 15 is 0 Å². The van der Waals surface area contributed by atoms with Gasteiger partial charge < -0.3 is 14.6 Å². The van der Waals surface area contributed by atoms with Crippen molar-refractivity contribution in [1.82, 2.24) is 5.32 Å². The number of carbonyl (C=O) groups excluding carboxylic acids is 1. The lowest BCUT2D eigenvalue weighted by molar-refractivity contribution is -0.385. The lowest BCUT2D eigenvalue weighted by Gasteiger charge is -2.29. The highest BCUT2D eigenvalue weighted by Gasteiger charge is 2.29. The van der Waals surface area contributed by atoms with Crippen molar-refractivity contribution in [2.24, 2.45) is 0 Å². The molecule has 2 heterocycles. The maximum absolute atomic E-state index is 12.6. The molecule has 1 aromatic heterocycles. The van der Waals surface area contributed by atoms with E-state index in [1.54, 1.807) is 18.4 Å². The van der Waals surface area contributed by atoms with Crippen molar-refractivity contribution in [3.8, 4) is 0 Å². The fraction of sp³-hybridized carbons (Fsp3) is 0.190. The van der Waals surface area contributed by atoms with Crippen LogP contribution in [0.1, 0.15) is 27.7 Å². The van der Waals surface area contributed by atoms with E-state index in [0.717, 1.165) is 24.4 Å². The van der Waals surface area contributed by atoms with Crippen molar-refractivity contribution < 1.29 is 14.1 Å². The number of benzene rings is 2. The van der Waals surface area contributed by atoms with E-state index in [2.05, 4.69) is 22.3 Å². The predicted octanol–water partition coefficient (Wildman–Crippen LogP) is 3.72. The van der Waals surface area contributed by atoms with Crippen molar-refractivity contribution in [3.05, 3.63) is 93.9 Å². The number of nitrogens with one attached hydrogen (secondary N) is 1. The van der Waals surface area contributed by atoms with Gasteiger partial charge in [0.15, 0.2) is 0 Å². The Balaban J connectivity index is 1.57. The van der Waals surface area contributed by atoms with Gasteiger partial charge in [-0.25, -0.2) is 0 Å². The molecule has 0 aliphatic carbocycles. The highest BCUT2D eigenvalue weighted by molar-refractivity contribution is 5.98. The summed E-state index contributed by atoms with van der Waals surface area (Å²) in [7, 11) is 0. The Hall–Kier alpha value is -3.61. The molecule has 1 atom stereocenters. The number of hydrogen-bond acceptors (Lipinski definition) is 5. The number of furan rings is 1. The Labute approximate surface area is 161 Å². The molecule has 3 aromatic rings. The second-order valence-electron chi connectivity index (χ2n) is 6.59. The average molecular weight is 377 g/mol. The van der Waals surface area contributed by atoms with Crippen LogP contribution in [0.2, 0.25) is 0 Å². The molecule has 0 spiro atoms. The van der Waals surface area contributed by atoms with Crippen LogP contribution in [-0.4, -0.2) is 23.9 Å². The molecule has 0 saturated heterocycles. The minimum Gasteiger partial charge on any atom is -0.467 e. The fourth-order valence-corrected chi connectivity index (χ4v) is 3.64. The number of hydrogen-bond donors (Lipinski definition) is 1. The molecule has 0 fully saturated rings. The summed E-state index contributed by atoms with van der Waals surface area (Å²) in [5.74, 6) is 0.260. The normalized spacial score (nSPS) is 13.8. The van der Waals surface area contributed by atoms with Crippen LogP contribution >= 0.6 is 0 Å². The minimum absolute atomic E-state index is 0.0486. The molecule has 142 valence electrons. The molecule has 1 aliphatic rings. The summed E-state index contributed by atoms with van der Waals surface area (Å²) >= 11 is 0. The smallest absolute Gasteiger partial charge is 0.282 e. The monoisotopic (exact) mass is 377 g/mol. The number of nitro groups is 1. The van der Waals surface area contributed by atoms with Gasteiger partial charge in [-0.05, 0) is 36.2 Å². The molecule has 1 aliphatic heterocycles. The summed E-state index contributed by atoms with van der Waals surface area (Å²) in [6.07, 6.45) is 2.53. The number of rotatable bonds is 6. The zero-order chi connectivity index (χ0) is 19.5. The Morgan fingerprint density at radius 1 is 1.14 bits per heavy atom. The largest absolute Gasteiger partial charge is 0.467 e.